The summed E-state index contributed by atoms with van der Waals surface area (Å²) in [5.74, 6) is 0. The minimum atomic E-state index is 1.38. The van der Waals surface area contributed by atoms with Crippen molar-refractivity contribution in [2.75, 3.05) is 13.3 Å². The first-order valence-electron chi connectivity index (χ1n) is 2.74. The lowest BCUT2D eigenvalue weighted by Crippen LogP contribution is -1.56. The molecule has 0 amide bonds. The molecule has 0 N–H and O–H groups in total. The molecule has 0 bridgehead atoms. The van der Waals surface area contributed by atoms with E-state index in [1.54, 1.807) is 18.8 Å². The Kier molecular flexibility index (Phi) is 13.7. The van der Waals surface area contributed by atoms with E-state index >= 15 is 0 Å². The van der Waals surface area contributed by atoms with Gasteiger partial charge in [-0.25, -0.2) is 0 Å². The number of aliphatic imine (C=N–C) groups is 1. The Morgan fingerprint density at radius 2 is 2.00 bits per heavy atom. The van der Waals surface area contributed by atoms with Crippen LogP contribution < -0.4 is 0 Å². The van der Waals surface area contributed by atoms with Crippen molar-refractivity contribution in [3.8, 4) is 0 Å². The highest BCUT2D eigenvalue weighted by Gasteiger charge is 1.73. The highest BCUT2D eigenvalue weighted by Crippen LogP contribution is 2.07. The molecule has 54 valence electrons. The van der Waals surface area contributed by atoms with Crippen LogP contribution in [0.2, 0.25) is 0 Å². The summed E-state index contributed by atoms with van der Waals surface area (Å²) in [6, 6.07) is 0. The summed E-state index contributed by atoms with van der Waals surface area (Å²) in [6.45, 7) is 7.26. The maximum Gasteiger partial charge on any atom is 0.0269 e. The molecule has 0 aliphatic carbocycles. The molecule has 1 nitrogen and oxygen atoms in total. The van der Waals surface area contributed by atoms with Crippen LogP contribution in [0.4, 0.5) is 0 Å². The van der Waals surface area contributed by atoms with Gasteiger partial charge in [-0.3, -0.25) is 0 Å². The Labute approximate surface area is 62.3 Å². The second-order valence-corrected chi connectivity index (χ2v) is 2.47. The molecule has 0 spiro atoms. The smallest absolute Gasteiger partial charge is 0.0269 e. The van der Waals surface area contributed by atoms with E-state index in [9.17, 15) is 0 Å². The van der Waals surface area contributed by atoms with Crippen LogP contribution in [-0.2, 0) is 0 Å². The molecule has 0 radical (unpaired) electrons. The van der Waals surface area contributed by atoms with Crippen molar-refractivity contribution < 1.29 is 0 Å². The molecule has 9 heavy (non-hydrogen) atoms. The highest BCUT2D eigenvalue weighted by molar-refractivity contribution is 8.02. The van der Waals surface area contributed by atoms with E-state index in [-0.39, 0.29) is 0 Å². The zero-order chi connectivity index (χ0) is 7.70. The summed E-state index contributed by atoms with van der Waals surface area (Å²) in [5.41, 5.74) is 0. The Hall–Kier alpha value is -0.240. The van der Waals surface area contributed by atoms with E-state index in [0.29, 0.717) is 0 Å². The van der Waals surface area contributed by atoms with E-state index in [0.717, 1.165) is 0 Å². The van der Waals surface area contributed by atoms with Crippen LogP contribution in [0.25, 0.3) is 0 Å². The predicted octanol–water partition coefficient (Wildman–Crippen LogP) is 2.59. The normalized spacial score (nSPS) is 9.56. The van der Waals surface area contributed by atoms with Gasteiger partial charge < -0.3 is 4.99 Å². The molecule has 0 aliphatic rings. The fraction of sp³-hybridized carbons (Fsp3) is 0.571. The Morgan fingerprint density at radius 3 is 2.00 bits per heavy atom. The molecule has 0 aromatic carbocycles. The molecular weight excluding hydrogens is 130 g/mol. The minimum Gasteiger partial charge on any atom is -0.304 e. The molecule has 2 heteroatoms. The lowest BCUT2D eigenvalue weighted by atomic mass is 10.6. The molecule has 0 aliphatic heterocycles. The molecule has 0 aromatic heterocycles. The zero-order valence-electron chi connectivity index (χ0n) is 6.64. The van der Waals surface area contributed by atoms with Crippen LogP contribution >= 0.6 is 11.8 Å². The molecule has 0 unspecified atom stereocenters. The van der Waals surface area contributed by atoms with Gasteiger partial charge in [-0.15, -0.1) is 11.8 Å². The van der Waals surface area contributed by atoms with Gasteiger partial charge in [-0.05, 0) is 31.7 Å². The van der Waals surface area contributed by atoms with Gasteiger partial charge in [0.05, 0.1) is 0 Å². The number of rotatable bonds is 1. The molecule has 0 atom stereocenters. The van der Waals surface area contributed by atoms with Gasteiger partial charge in [-0.2, -0.15) is 0 Å². The number of hydrogen-bond donors (Lipinski definition) is 0. The van der Waals surface area contributed by atoms with E-state index in [1.807, 2.05) is 6.92 Å². The first-order valence-corrected chi connectivity index (χ1v) is 3.97. The molecule has 0 rings (SSSR count). The van der Waals surface area contributed by atoms with Gasteiger partial charge in [0.25, 0.3) is 0 Å². The van der Waals surface area contributed by atoms with E-state index in [2.05, 4.69) is 31.0 Å². The van der Waals surface area contributed by atoms with Crippen molar-refractivity contribution in [2.45, 2.75) is 13.8 Å². The standard InChI is InChI=1S/C5H10S.C2H5N/c1-4-5(2)6-3;1-3-2/h4H,1-3H3;1H2,2H3/b5-4+;. The number of hydrogen-bond acceptors (Lipinski definition) is 2. The first-order chi connectivity index (χ1) is 4.22. The third-order valence-corrected chi connectivity index (χ3v) is 1.61. The van der Waals surface area contributed by atoms with Crippen molar-refractivity contribution in [3.05, 3.63) is 11.0 Å². The predicted molar refractivity (Wildman–Crippen MR) is 48.4 cm³/mol. The van der Waals surface area contributed by atoms with Gasteiger partial charge in [0.15, 0.2) is 0 Å². The summed E-state index contributed by atoms with van der Waals surface area (Å²) in [5, 5.41) is 0. The Morgan fingerprint density at radius 1 is 1.67 bits per heavy atom. The van der Waals surface area contributed by atoms with Gasteiger partial charge in [0.2, 0.25) is 0 Å². The van der Waals surface area contributed by atoms with Crippen LogP contribution in [0.15, 0.2) is 16.0 Å². The van der Waals surface area contributed by atoms with Crippen molar-refractivity contribution in [3.63, 3.8) is 0 Å². The lowest BCUT2D eigenvalue weighted by Gasteiger charge is -1.84. The first kappa shape index (κ1) is 11.5. The summed E-state index contributed by atoms with van der Waals surface area (Å²) < 4.78 is 0. The summed E-state index contributed by atoms with van der Waals surface area (Å²) >= 11 is 1.79. The molecule has 0 saturated carbocycles. The second kappa shape index (κ2) is 10.7. The summed E-state index contributed by atoms with van der Waals surface area (Å²) in [7, 11) is 1.64. The van der Waals surface area contributed by atoms with E-state index in [4.69, 9.17) is 0 Å². The number of thioether (sulfide) groups is 1. The van der Waals surface area contributed by atoms with Crippen LogP contribution in [0, 0.1) is 0 Å². The van der Waals surface area contributed by atoms with Crippen molar-refractivity contribution in [1.29, 1.82) is 0 Å². The largest absolute Gasteiger partial charge is 0.304 e. The fourth-order valence-electron chi connectivity index (χ4n) is 0.118. The van der Waals surface area contributed by atoms with Gasteiger partial charge in [-0.1, -0.05) is 6.08 Å². The fourth-order valence-corrected chi connectivity index (χ4v) is 0.354. The van der Waals surface area contributed by atoms with Crippen molar-refractivity contribution in [1.82, 2.24) is 0 Å². The van der Waals surface area contributed by atoms with Crippen molar-refractivity contribution >= 4 is 18.5 Å². The van der Waals surface area contributed by atoms with Crippen LogP contribution in [0.3, 0.4) is 0 Å². The molecular formula is C7H15NS. The molecule has 0 fully saturated rings. The monoisotopic (exact) mass is 145 g/mol. The zero-order valence-corrected chi connectivity index (χ0v) is 7.46. The van der Waals surface area contributed by atoms with Crippen LogP contribution in [0.1, 0.15) is 13.8 Å². The summed E-state index contributed by atoms with van der Waals surface area (Å²) in [4.78, 5) is 4.63. The van der Waals surface area contributed by atoms with Gasteiger partial charge in [0, 0.05) is 7.05 Å². The maximum absolute atomic E-state index is 3.25. The molecule has 0 heterocycles. The SMILES string of the molecule is C/C=C(\C)SC.C=NC. The Bertz CT molecular complexity index is 86.9. The maximum atomic E-state index is 3.25. The molecule has 0 saturated heterocycles. The second-order valence-electron chi connectivity index (χ2n) is 1.42. The lowest BCUT2D eigenvalue weighted by molar-refractivity contribution is 1.49. The summed E-state index contributed by atoms with van der Waals surface area (Å²) in [6.07, 6.45) is 4.18. The molecule has 0 aromatic rings. The average molecular weight is 145 g/mol. The quantitative estimate of drug-likeness (QED) is 0.517. The van der Waals surface area contributed by atoms with Gasteiger partial charge in [0.1, 0.15) is 0 Å². The van der Waals surface area contributed by atoms with Crippen LogP contribution in [0.5, 0.6) is 0 Å². The third-order valence-electron chi connectivity index (χ3n) is 0.729. The number of nitrogens with zero attached hydrogens (tertiary/aromatic N) is 1. The van der Waals surface area contributed by atoms with E-state index < -0.39 is 0 Å². The topological polar surface area (TPSA) is 12.4 Å². The van der Waals surface area contributed by atoms with Gasteiger partial charge >= 0.3 is 0 Å². The minimum absolute atomic E-state index is 1.38. The third kappa shape index (κ3) is 18.2. The van der Waals surface area contributed by atoms with Crippen LogP contribution in [-0.4, -0.2) is 20.0 Å². The van der Waals surface area contributed by atoms with E-state index in [1.165, 1.54) is 4.91 Å². The Balaban J connectivity index is 0. The van der Waals surface area contributed by atoms with Crippen molar-refractivity contribution in [2.24, 2.45) is 4.99 Å². The highest BCUT2D eigenvalue weighted by atomic mass is 32.2. The number of allylic oxidation sites excluding steroid dienone is 2. The average Bonchev–Trinajstić information content (AvgIpc) is 1.88.